The van der Waals surface area contributed by atoms with Crippen molar-refractivity contribution in [2.45, 2.75) is 58.6 Å². The van der Waals surface area contributed by atoms with Gasteiger partial charge in [-0.1, -0.05) is 19.8 Å². The van der Waals surface area contributed by atoms with E-state index in [-0.39, 0.29) is 11.6 Å². The van der Waals surface area contributed by atoms with E-state index in [0.29, 0.717) is 6.54 Å². The average Bonchev–Trinajstić information content (AvgIpc) is 2.14. The predicted molar refractivity (Wildman–Crippen MR) is 70.8 cm³/mol. The lowest BCUT2D eigenvalue weighted by molar-refractivity contribution is 0.116. The molecular weight excluding hydrogens is 200 g/mol. The van der Waals surface area contributed by atoms with Gasteiger partial charge >= 0.3 is 0 Å². The fourth-order valence-corrected chi connectivity index (χ4v) is 1.57. The molecule has 0 saturated carbocycles. The van der Waals surface area contributed by atoms with Gasteiger partial charge < -0.3 is 15.3 Å². The molecule has 0 aliphatic rings. The van der Waals surface area contributed by atoms with Gasteiger partial charge in [-0.05, 0) is 40.8 Å². The van der Waals surface area contributed by atoms with Crippen molar-refractivity contribution < 1.29 is 5.11 Å². The second-order valence-corrected chi connectivity index (χ2v) is 5.75. The molecule has 2 N–H and O–H groups in total. The van der Waals surface area contributed by atoms with E-state index in [1.54, 1.807) is 0 Å². The summed E-state index contributed by atoms with van der Waals surface area (Å²) in [5, 5.41) is 13.2. The Kier molecular flexibility index (Phi) is 7.98. The summed E-state index contributed by atoms with van der Waals surface area (Å²) in [5.41, 5.74) is 0.0851. The molecule has 0 aliphatic carbocycles. The van der Waals surface area contributed by atoms with E-state index in [9.17, 15) is 5.11 Å². The van der Waals surface area contributed by atoms with Crippen molar-refractivity contribution in [3.8, 4) is 0 Å². The van der Waals surface area contributed by atoms with Gasteiger partial charge in [0, 0.05) is 18.6 Å². The van der Waals surface area contributed by atoms with Gasteiger partial charge in [0.25, 0.3) is 0 Å². The van der Waals surface area contributed by atoms with Gasteiger partial charge in [-0.3, -0.25) is 0 Å². The molecule has 0 fully saturated rings. The quantitative estimate of drug-likeness (QED) is 0.625. The van der Waals surface area contributed by atoms with Crippen LogP contribution < -0.4 is 5.32 Å². The zero-order valence-electron chi connectivity index (χ0n) is 11.7. The van der Waals surface area contributed by atoms with Gasteiger partial charge in [0.15, 0.2) is 0 Å². The molecule has 0 bridgehead atoms. The first kappa shape index (κ1) is 15.9. The summed E-state index contributed by atoms with van der Waals surface area (Å²) in [7, 11) is 2.08. The third-order valence-corrected chi connectivity index (χ3v) is 2.53. The molecule has 0 aromatic carbocycles. The lowest BCUT2D eigenvalue weighted by Crippen LogP contribution is -2.44. The number of β-amino-alcohol motifs (C(OH)–C–C–N with tert-alkyl or cyclic N) is 1. The Bertz CT molecular complexity index is 166. The van der Waals surface area contributed by atoms with E-state index in [0.717, 1.165) is 13.1 Å². The minimum atomic E-state index is -0.272. The Morgan fingerprint density at radius 3 is 2.38 bits per heavy atom. The first-order valence-corrected chi connectivity index (χ1v) is 6.47. The van der Waals surface area contributed by atoms with Crippen molar-refractivity contribution in [2.24, 2.45) is 0 Å². The van der Waals surface area contributed by atoms with Crippen molar-refractivity contribution in [1.29, 1.82) is 0 Å². The van der Waals surface area contributed by atoms with Crippen molar-refractivity contribution in [3.05, 3.63) is 0 Å². The van der Waals surface area contributed by atoms with Crippen LogP contribution in [-0.4, -0.2) is 48.3 Å². The number of hydrogen-bond acceptors (Lipinski definition) is 3. The molecule has 98 valence electrons. The molecule has 3 heteroatoms. The van der Waals surface area contributed by atoms with Crippen molar-refractivity contribution in [1.82, 2.24) is 10.2 Å². The van der Waals surface area contributed by atoms with E-state index in [1.807, 2.05) is 0 Å². The molecule has 0 spiro atoms. The smallest absolute Gasteiger partial charge is 0.0791 e. The molecule has 0 aromatic heterocycles. The maximum atomic E-state index is 9.84. The minimum Gasteiger partial charge on any atom is -0.390 e. The van der Waals surface area contributed by atoms with Crippen LogP contribution in [0.1, 0.15) is 47.0 Å². The fraction of sp³-hybridized carbons (Fsp3) is 1.00. The summed E-state index contributed by atoms with van der Waals surface area (Å²) in [6, 6.07) is 0. The lowest BCUT2D eigenvalue weighted by atomic mass is 10.1. The van der Waals surface area contributed by atoms with Crippen LogP contribution in [0.4, 0.5) is 0 Å². The number of nitrogens with one attached hydrogen (secondary N) is 1. The number of rotatable bonds is 8. The first-order chi connectivity index (χ1) is 7.35. The molecular formula is C13H30N2O. The van der Waals surface area contributed by atoms with Crippen LogP contribution in [0.25, 0.3) is 0 Å². The second-order valence-electron chi connectivity index (χ2n) is 5.75. The molecule has 0 radical (unpaired) electrons. The molecule has 0 amide bonds. The number of likely N-dealkylation sites (N-methyl/N-ethyl adjacent to an activating group) is 1. The Labute approximate surface area is 101 Å². The van der Waals surface area contributed by atoms with Gasteiger partial charge in [-0.25, -0.2) is 0 Å². The largest absolute Gasteiger partial charge is 0.390 e. The molecule has 0 saturated heterocycles. The predicted octanol–water partition coefficient (Wildman–Crippen LogP) is 1.86. The van der Waals surface area contributed by atoms with Crippen LogP contribution in [0.5, 0.6) is 0 Å². The van der Waals surface area contributed by atoms with E-state index in [4.69, 9.17) is 0 Å². The summed E-state index contributed by atoms with van der Waals surface area (Å²) in [6.07, 6.45) is 3.49. The summed E-state index contributed by atoms with van der Waals surface area (Å²) >= 11 is 0. The minimum absolute atomic E-state index is 0.0851. The standard InChI is InChI=1S/C13H30N2O/c1-6-7-8-9-15(5)11-12(16)10-14-13(2,3)4/h12,14,16H,6-11H2,1-5H3. The fourth-order valence-electron chi connectivity index (χ4n) is 1.57. The van der Waals surface area contributed by atoms with Gasteiger partial charge in [0.2, 0.25) is 0 Å². The number of unbranched alkanes of at least 4 members (excludes halogenated alkanes) is 2. The summed E-state index contributed by atoms with van der Waals surface area (Å²) in [5.74, 6) is 0. The third-order valence-electron chi connectivity index (χ3n) is 2.53. The highest BCUT2D eigenvalue weighted by atomic mass is 16.3. The summed E-state index contributed by atoms with van der Waals surface area (Å²) < 4.78 is 0. The highest BCUT2D eigenvalue weighted by Crippen LogP contribution is 2.00. The van der Waals surface area contributed by atoms with Gasteiger partial charge in [-0.15, -0.1) is 0 Å². The molecule has 3 nitrogen and oxygen atoms in total. The maximum absolute atomic E-state index is 9.84. The Morgan fingerprint density at radius 1 is 1.25 bits per heavy atom. The lowest BCUT2D eigenvalue weighted by Gasteiger charge is -2.25. The van der Waals surface area contributed by atoms with Crippen LogP contribution in [0.15, 0.2) is 0 Å². The highest BCUT2D eigenvalue weighted by Gasteiger charge is 2.13. The highest BCUT2D eigenvalue weighted by molar-refractivity contribution is 4.74. The van der Waals surface area contributed by atoms with Crippen LogP contribution in [0, 0.1) is 0 Å². The molecule has 0 aliphatic heterocycles. The van der Waals surface area contributed by atoms with Gasteiger partial charge in [0.05, 0.1) is 6.10 Å². The van der Waals surface area contributed by atoms with Crippen LogP contribution in [0.3, 0.4) is 0 Å². The zero-order chi connectivity index (χ0) is 12.6. The van der Waals surface area contributed by atoms with E-state index in [2.05, 4.69) is 45.0 Å². The topological polar surface area (TPSA) is 35.5 Å². The van der Waals surface area contributed by atoms with Crippen molar-refractivity contribution in [3.63, 3.8) is 0 Å². The van der Waals surface area contributed by atoms with E-state index < -0.39 is 0 Å². The van der Waals surface area contributed by atoms with Crippen molar-refractivity contribution in [2.75, 3.05) is 26.7 Å². The third kappa shape index (κ3) is 10.4. The summed E-state index contributed by atoms with van der Waals surface area (Å²) in [6.45, 7) is 11.1. The monoisotopic (exact) mass is 230 g/mol. The zero-order valence-corrected chi connectivity index (χ0v) is 11.7. The van der Waals surface area contributed by atoms with Gasteiger partial charge in [0.1, 0.15) is 0 Å². The number of aliphatic hydroxyl groups is 1. The molecule has 0 aromatic rings. The molecule has 16 heavy (non-hydrogen) atoms. The molecule has 1 unspecified atom stereocenters. The number of hydrogen-bond donors (Lipinski definition) is 2. The average molecular weight is 230 g/mol. The van der Waals surface area contributed by atoms with Crippen LogP contribution >= 0.6 is 0 Å². The maximum Gasteiger partial charge on any atom is 0.0791 e. The Balaban J connectivity index is 3.57. The Morgan fingerprint density at radius 2 is 1.88 bits per heavy atom. The molecule has 1 atom stereocenters. The molecule has 0 heterocycles. The van der Waals surface area contributed by atoms with E-state index >= 15 is 0 Å². The Hall–Kier alpha value is -0.120. The molecule has 0 rings (SSSR count). The number of aliphatic hydroxyl groups excluding tert-OH is 1. The van der Waals surface area contributed by atoms with Crippen LogP contribution in [-0.2, 0) is 0 Å². The van der Waals surface area contributed by atoms with Crippen molar-refractivity contribution >= 4 is 0 Å². The SMILES string of the molecule is CCCCCN(C)CC(O)CNC(C)(C)C. The second kappa shape index (κ2) is 8.04. The first-order valence-electron chi connectivity index (χ1n) is 6.47. The van der Waals surface area contributed by atoms with Gasteiger partial charge in [-0.2, -0.15) is 0 Å². The summed E-state index contributed by atoms with van der Waals surface area (Å²) in [4.78, 5) is 2.21. The van der Waals surface area contributed by atoms with E-state index in [1.165, 1.54) is 19.3 Å². The normalized spacial score (nSPS) is 14.4. The number of nitrogens with zero attached hydrogens (tertiary/aromatic N) is 1. The van der Waals surface area contributed by atoms with Crippen LogP contribution in [0.2, 0.25) is 0 Å².